The van der Waals surface area contributed by atoms with Gasteiger partial charge in [0.2, 0.25) is 100 Å². The van der Waals surface area contributed by atoms with Crippen molar-refractivity contribution in [3.05, 3.63) is 120 Å². The van der Waals surface area contributed by atoms with Crippen LogP contribution in [-0.4, -0.2) is 321 Å². The van der Waals surface area contributed by atoms with Crippen molar-refractivity contribution in [1.82, 2.24) is 97.6 Å². The summed E-state index contributed by atoms with van der Waals surface area (Å²) >= 11 is 0.760. The molecule has 44 heteroatoms. The highest BCUT2D eigenvalue weighted by Gasteiger charge is 2.47. The lowest BCUT2D eigenvalue weighted by Crippen LogP contribution is -2.61. The molecule has 131 heavy (non-hydrogen) atoms. The number of aromatic nitrogens is 4. The van der Waals surface area contributed by atoms with Crippen molar-refractivity contribution in [2.24, 2.45) is 11.5 Å². The van der Waals surface area contributed by atoms with Crippen LogP contribution >= 0.6 is 11.8 Å². The summed E-state index contributed by atoms with van der Waals surface area (Å²) in [7, 11) is 3.85. The third kappa shape index (κ3) is 27.5. The van der Waals surface area contributed by atoms with E-state index in [9.17, 15) is 73.2 Å². The number of para-hydroxylation sites is 2. The largest absolute Gasteiger partial charge is 0.508 e. The molecule has 1 unspecified atom stereocenters. The second-order valence-electron chi connectivity index (χ2n) is 33.0. The number of phenols is 1. The Morgan fingerprint density at radius 3 is 1.68 bits per heavy atom. The van der Waals surface area contributed by atoms with Crippen LogP contribution in [0, 0.1) is 0 Å². The smallest absolute Gasteiger partial charge is 0.305 e. The van der Waals surface area contributed by atoms with E-state index in [1.165, 1.54) is 71.8 Å². The summed E-state index contributed by atoms with van der Waals surface area (Å²) in [6, 6.07) is -3.17. The summed E-state index contributed by atoms with van der Waals surface area (Å²) < 4.78 is 0. The Hall–Kier alpha value is -13.5. The van der Waals surface area contributed by atoms with Gasteiger partial charge in [0, 0.05) is 125 Å². The molecule has 0 radical (unpaired) electrons. The Kier molecular flexibility index (Phi) is 36.9. The third-order valence-corrected chi connectivity index (χ3v) is 24.4. The van der Waals surface area contributed by atoms with Gasteiger partial charge in [0.25, 0.3) is 0 Å². The molecule has 3 saturated heterocycles. The molecule has 43 nitrogen and oxygen atoms in total. The fraction of sp³-hybridized carbons (Fsp3) is 0.506. The maximum absolute atomic E-state index is 15.6. The standard InChI is InChI=1S/C87H117N21O22S/c1-8-10-21-66-80(123)95-46(3)74(117)103-65(76(119)93-40-71(89)113)43-131-44-72(114)96-61(31-48-24-26-52(110)27-25-48)83(126)104(5)47(4)75(118)100-63(36-73(115)116)86(129)107-30-16-23-67(107)81(124)99-60(34-51-39-90-45-94-51)78(121)97-58(28-29-70(88)112)85(128)108-41-53(111)35-69(108)82(125)98-59(32-49-37-91-56-19-14-12-17-54(49)56)77(120)102-64(42-109)79(122)101-62(33-50-38-92-57-20-15-13-18-55(50)57)84(127)106(7)68(22-11-9-2)87(130)105(66)6/h12-15,17-20,24-27,37-39,45-47,53,58-69,91-92,109-111H,8-11,16,21-23,28-36,40-44H2,1-7H3,(H2,88,112)(H2,89,113)(H,90,94)(H,93,119)(H,95,123)(H,96,114)(H,97,121)(H,98,125)(H,99,124)(H,100,118)(H,101,122)(H,102,120)(H,103,117)(H,115,116)/t46-,47-,53+,58-,59-,60-,61-,62-,63-,64-,65-,66-,67?,68-,69-/m0/s1. The minimum absolute atomic E-state index is 0.000257. The number of carbonyl (C=O) groups is 18. The number of unbranched alkanes of at least 4 members (excludes halogenated alkanes) is 2. The average Bonchev–Trinajstić information content (AvgIpc) is 1.62. The van der Waals surface area contributed by atoms with Crippen LogP contribution in [-0.2, 0) is 112 Å². The molecule has 3 fully saturated rings. The number of nitrogens with two attached hydrogens (primary N) is 2. The van der Waals surface area contributed by atoms with Crippen molar-refractivity contribution >= 4 is 140 Å². The first kappa shape index (κ1) is 101. The predicted molar refractivity (Wildman–Crippen MR) is 474 cm³/mol. The Bertz CT molecular complexity index is 5130. The topological polar surface area (TPSA) is 637 Å². The fourth-order valence-corrected chi connectivity index (χ4v) is 16.8. The minimum atomic E-state index is -1.93. The fourth-order valence-electron chi connectivity index (χ4n) is 15.9. The van der Waals surface area contributed by atoms with Gasteiger partial charge in [-0.15, -0.1) is 11.8 Å². The molecule has 0 saturated carbocycles. The number of nitrogens with one attached hydrogen (secondary N) is 13. The number of nitrogens with zero attached hydrogens (tertiary/aromatic N) is 6. The number of aliphatic hydroxyl groups is 2. The Morgan fingerprint density at radius 1 is 0.542 bits per heavy atom. The number of phenolic OH excluding ortho intramolecular Hbond substituents is 1. The number of primary amides is 2. The van der Waals surface area contributed by atoms with Crippen molar-refractivity contribution < 1.29 is 107 Å². The van der Waals surface area contributed by atoms with Crippen LogP contribution in [0.1, 0.15) is 127 Å². The van der Waals surface area contributed by atoms with Crippen molar-refractivity contribution in [3.8, 4) is 5.75 Å². The van der Waals surface area contributed by atoms with Gasteiger partial charge >= 0.3 is 5.97 Å². The molecule has 3 aliphatic rings. The van der Waals surface area contributed by atoms with E-state index in [2.05, 4.69) is 73.1 Å². The molecule has 6 heterocycles. The van der Waals surface area contributed by atoms with Gasteiger partial charge in [0.15, 0.2) is 0 Å². The lowest BCUT2D eigenvalue weighted by molar-refractivity contribution is -0.149. The molecule has 15 atom stereocenters. The number of carboxylic acids is 1. The number of fused-ring (bicyclic) bond motifs is 4. The molecule has 21 N–H and O–H groups in total. The lowest BCUT2D eigenvalue weighted by Gasteiger charge is -2.36. The van der Waals surface area contributed by atoms with E-state index in [1.54, 1.807) is 60.9 Å². The van der Waals surface area contributed by atoms with Gasteiger partial charge in [-0.05, 0) is 86.9 Å². The number of imidazole rings is 1. The first-order chi connectivity index (χ1) is 62.4. The molecule has 3 aromatic carbocycles. The average molecular weight is 1840 g/mol. The first-order valence-electron chi connectivity index (χ1n) is 43.3. The Morgan fingerprint density at radius 2 is 1.08 bits per heavy atom. The van der Waals surface area contributed by atoms with Crippen LogP contribution in [0.25, 0.3) is 21.8 Å². The summed E-state index contributed by atoms with van der Waals surface area (Å²) in [4.78, 5) is 278. The molecule has 6 aromatic rings. The number of carboxylic acid groups (broad SMARTS) is 1. The van der Waals surface area contributed by atoms with Crippen LogP contribution < -0.4 is 64.6 Å². The van der Waals surface area contributed by atoms with Gasteiger partial charge in [-0.3, -0.25) is 86.3 Å². The maximum atomic E-state index is 15.6. The predicted octanol–water partition coefficient (Wildman–Crippen LogP) is -3.35. The molecular weight excluding hydrogens is 1720 g/mol. The lowest BCUT2D eigenvalue weighted by atomic mass is 10.00. The second kappa shape index (κ2) is 47.7. The zero-order valence-electron chi connectivity index (χ0n) is 73.8. The van der Waals surface area contributed by atoms with Gasteiger partial charge < -0.3 is 125 Å². The van der Waals surface area contributed by atoms with Gasteiger partial charge in [-0.25, -0.2) is 4.98 Å². The molecule has 9 rings (SSSR count). The van der Waals surface area contributed by atoms with E-state index in [0.717, 1.165) is 36.3 Å². The van der Waals surface area contributed by atoms with Crippen LogP contribution in [0.15, 0.2) is 97.7 Å². The summed E-state index contributed by atoms with van der Waals surface area (Å²) in [5, 5.41) is 69.8. The van der Waals surface area contributed by atoms with E-state index < -0.39 is 260 Å². The summed E-state index contributed by atoms with van der Waals surface area (Å²) in [5.41, 5.74) is 13.8. The molecule has 0 aliphatic carbocycles. The third-order valence-electron chi connectivity index (χ3n) is 23.4. The van der Waals surface area contributed by atoms with Crippen molar-refractivity contribution in [2.45, 2.75) is 221 Å². The van der Waals surface area contributed by atoms with E-state index in [-0.39, 0.29) is 62.9 Å². The molecule has 3 aromatic heterocycles. The number of thioether (sulfide) groups is 1. The number of aliphatic carboxylic acids is 1. The monoisotopic (exact) mass is 1840 g/mol. The highest BCUT2D eigenvalue weighted by molar-refractivity contribution is 8.00. The minimum Gasteiger partial charge on any atom is -0.508 e. The van der Waals surface area contributed by atoms with E-state index >= 15 is 33.6 Å². The molecule has 17 amide bonds. The summed E-state index contributed by atoms with van der Waals surface area (Å²) in [5.74, 6) is -19.4. The van der Waals surface area contributed by atoms with E-state index in [0.29, 0.717) is 64.2 Å². The zero-order chi connectivity index (χ0) is 95.6. The van der Waals surface area contributed by atoms with Crippen LogP contribution in [0.4, 0.5) is 0 Å². The van der Waals surface area contributed by atoms with Crippen molar-refractivity contribution in [3.63, 3.8) is 0 Å². The first-order valence-corrected chi connectivity index (χ1v) is 44.5. The van der Waals surface area contributed by atoms with Crippen molar-refractivity contribution in [1.29, 1.82) is 0 Å². The number of hydrogen-bond donors (Lipinski definition) is 19. The number of H-pyrrole nitrogens is 3. The highest BCUT2D eigenvalue weighted by Crippen LogP contribution is 2.28. The number of rotatable bonds is 23. The second-order valence-corrected chi connectivity index (χ2v) is 34.0. The van der Waals surface area contributed by atoms with Crippen LogP contribution in [0.5, 0.6) is 5.75 Å². The normalized spacial score (nSPS) is 25.1. The van der Waals surface area contributed by atoms with Crippen LogP contribution in [0.3, 0.4) is 0 Å². The van der Waals surface area contributed by atoms with E-state index in [1.807, 2.05) is 13.8 Å². The van der Waals surface area contributed by atoms with E-state index in [4.69, 9.17) is 11.5 Å². The number of benzene rings is 3. The van der Waals surface area contributed by atoms with Gasteiger partial charge in [0.05, 0.1) is 37.8 Å². The number of hydrogen-bond acceptors (Lipinski definition) is 23. The number of aromatic hydroxyl groups is 1. The molecule has 708 valence electrons. The highest BCUT2D eigenvalue weighted by atomic mass is 32.2. The van der Waals surface area contributed by atoms with Gasteiger partial charge in [-0.1, -0.05) is 88.1 Å². The number of likely N-dealkylation sites (N-methyl/N-ethyl adjacent to an activating group) is 3. The number of carbonyl (C=O) groups excluding carboxylic acids is 17. The van der Waals surface area contributed by atoms with Crippen LogP contribution in [0.2, 0.25) is 0 Å². The molecule has 0 bridgehead atoms. The quantitative estimate of drug-likeness (QED) is 0.0298. The summed E-state index contributed by atoms with van der Waals surface area (Å²) in [6.07, 6.45) is 2.04. The van der Waals surface area contributed by atoms with Crippen molar-refractivity contribution in [2.75, 3.05) is 58.9 Å². The SMILES string of the molecule is CCCC[C@H]1C(=O)N(C)[C@@H](CCCC)C(=O)N[C@@H](C)C(=O)N[C@H](C(=O)NCC(N)=O)CSCC(=O)N[C@@H](Cc2ccc(O)cc2)C(=O)N(C)[C@@H](C)C(=O)N[C@@H](CC(=O)O)C(=O)N2CCCC2C(=O)N[C@@H](Cc2cnc[nH]2)C(=O)N[C@@H](CCC(N)=O)C(=O)N2C[C@H](O)C[C@H]2C(=O)N[C@@H](Cc2c[nH]c3ccccc23)C(=O)N[C@@H](CO)C(=O)N[C@@H](Cc2c[nH]c3ccccc23)C(=O)N1C. The summed E-state index contributed by atoms with van der Waals surface area (Å²) in [6.45, 7) is 3.57. The molecule has 0 spiro atoms. The Balaban J connectivity index is 1.08. The Labute approximate surface area is 758 Å². The number of aromatic amines is 3. The zero-order valence-corrected chi connectivity index (χ0v) is 74.7. The maximum Gasteiger partial charge on any atom is 0.305 e. The van der Waals surface area contributed by atoms with Gasteiger partial charge in [-0.2, -0.15) is 0 Å². The number of amides is 17. The van der Waals surface area contributed by atoms with Gasteiger partial charge in [0.1, 0.15) is 90.3 Å². The number of aliphatic hydroxyl groups excluding tert-OH is 2. The molecule has 3 aliphatic heterocycles. The molecular formula is C87H117N21O22S.